The van der Waals surface area contributed by atoms with Crippen LogP contribution in [0.4, 0.5) is 0 Å². The first kappa shape index (κ1) is 11.3. The van der Waals surface area contributed by atoms with Crippen LogP contribution in [0, 0.1) is 6.92 Å². The van der Waals surface area contributed by atoms with Crippen molar-refractivity contribution in [2.24, 2.45) is 0 Å². The maximum Gasteiger partial charge on any atom is 0.435 e. The monoisotopic (exact) mass is 243 g/mol. The van der Waals surface area contributed by atoms with E-state index in [2.05, 4.69) is 42.0 Å². The summed E-state index contributed by atoms with van der Waals surface area (Å²) in [7, 11) is 0. The summed E-state index contributed by atoms with van der Waals surface area (Å²) in [6.07, 6.45) is 2.28. The molecule has 0 spiro atoms. The average Bonchev–Trinajstić information content (AvgIpc) is 1.69. The van der Waals surface area contributed by atoms with E-state index in [4.69, 9.17) is 0 Å². The van der Waals surface area contributed by atoms with Crippen LogP contribution in [0.15, 0.2) is 0 Å². The van der Waals surface area contributed by atoms with Gasteiger partial charge < -0.3 is 0 Å². The van der Waals surface area contributed by atoms with Gasteiger partial charge in [-0.25, -0.2) is 28.1 Å². The van der Waals surface area contributed by atoms with Crippen molar-refractivity contribution in [3.63, 3.8) is 0 Å². The third kappa shape index (κ3) is 36.4. The summed E-state index contributed by atoms with van der Waals surface area (Å²) in [4.78, 5) is 0. The van der Waals surface area contributed by atoms with Crippen molar-refractivity contribution in [3.05, 3.63) is 6.92 Å². The van der Waals surface area contributed by atoms with Gasteiger partial charge in [-0.2, -0.15) is 0 Å². The van der Waals surface area contributed by atoms with Gasteiger partial charge in [-0.15, -0.1) is 0 Å². The fourth-order valence-corrected chi connectivity index (χ4v) is 0. The lowest BCUT2D eigenvalue weighted by molar-refractivity contribution is 0.956. The molecule has 0 aliphatic carbocycles. The zero-order valence-corrected chi connectivity index (χ0v) is 9.17. The van der Waals surface area contributed by atoms with E-state index >= 15 is 0 Å². The van der Waals surface area contributed by atoms with E-state index in [0.717, 1.165) is 6.42 Å². The smallest absolute Gasteiger partial charge is 0.203 e. The highest BCUT2D eigenvalue weighted by Crippen LogP contribution is 1.78. The maximum atomic E-state index is 3.60. The van der Waals surface area contributed by atoms with Crippen LogP contribution in [-0.4, -0.2) is 11.6 Å². The van der Waals surface area contributed by atoms with Gasteiger partial charge in [-0.1, -0.05) is 26.7 Å². The second-order valence-electron chi connectivity index (χ2n) is 0.955. The van der Waals surface area contributed by atoms with E-state index in [1.54, 1.807) is 0 Å². The lowest BCUT2D eigenvalue weighted by Gasteiger charge is -1.67. The molecule has 0 aromatic heterocycles. The molecule has 7 heavy (non-hydrogen) atoms. The standard InChI is InChI=1S/C4H9.Al.2BrH.H/c1-3-4-2;;;;/h1,3-4H2,2H3;;2*1H;/q;+2;;;/p-2. The predicted molar refractivity (Wildman–Crippen MR) is 45.3 cm³/mol. The molecule has 0 unspecified atom stereocenters. The first-order chi connectivity index (χ1) is 3.33. The molecule has 0 saturated heterocycles. The Bertz CT molecular complexity index is 17.2. The molecule has 43 valence electrons. The molecule has 0 fully saturated rings. The van der Waals surface area contributed by atoms with Crippen LogP contribution in [-0.2, 0) is 0 Å². The van der Waals surface area contributed by atoms with Crippen LogP contribution in [0.1, 0.15) is 19.8 Å². The first-order valence-electron chi connectivity index (χ1n) is 2.24. The zero-order valence-electron chi connectivity index (χ0n) is 4.58. The van der Waals surface area contributed by atoms with Crippen LogP contribution < -0.4 is 0 Å². The van der Waals surface area contributed by atoms with Crippen LogP contribution in [0.5, 0.6) is 0 Å². The summed E-state index contributed by atoms with van der Waals surface area (Å²) in [5.74, 6) is 0. The van der Waals surface area contributed by atoms with Gasteiger partial charge in [0.15, 0.2) is 0 Å². The van der Waals surface area contributed by atoms with E-state index in [9.17, 15) is 0 Å². The molecule has 0 atom stereocenters. The summed E-state index contributed by atoms with van der Waals surface area (Å²) < 4.78 is 0. The van der Waals surface area contributed by atoms with Gasteiger partial charge in [-0.05, 0) is 0 Å². The molecule has 0 aliphatic heterocycles. The SMILES string of the molecule is [Br][AlH][Br].[CH2]CCC. The van der Waals surface area contributed by atoms with Crippen molar-refractivity contribution in [1.29, 1.82) is 0 Å². The van der Waals surface area contributed by atoms with Crippen molar-refractivity contribution in [3.8, 4) is 0 Å². The second kappa shape index (κ2) is 15.6. The van der Waals surface area contributed by atoms with E-state index < -0.39 is 0 Å². The molecule has 0 aromatic carbocycles. The largest absolute Gasteiger partial charge is 0.435 e. The van der Waals surface area contributed by atoms with Crippen molar-refractivity contribution in [1.82, 2.24) is 0 Å². The van der Waals surface area contributed by atoms with Crippen molar-refractivity contribution in [2.75, 3.05) is 0 Å². The summed E-state index contributed by atoms with van der Waals surface area (Å²) in [5, 5.41) is 0. The number of hydrogen-bond acceptors (Lipinski definition) is 0. The number of hydrogen-bond donors (Lipinski definition) is 0. The highest BCUT2D eigenvalue weighted by atomic mass is 79.9. The molecule has 0 heterocycles. The Balaban J connectivity index is 0. The molecule has 1 radical (unpaired) electrons. The van der Waals surface area contributed by atoms with Gasteiger partial charge >= 0.3 is 11.6 Å². The molecular formula is C4H10AlBr2. The Morgan fingerprint density at radius 1 is 1.57 bits per heavy atom. The summed E-state index contributed by atoms with van der Waals surface area (Å²) in [6, 6.07) is 0. The van der Waals surface area contributed by atoms with Crippen molar-refractivity contribution >= 4 is 39.7 Å². The molecule has 0 rings (SSSR count). The Hall–Kier alpha value is 1.49. The van der Waals surface area contributed by atoms with Crippen molar-refractivity contribution < 1.29 is 0 Å². The number of unbranched alkanes of at least 4 members (excludes halogenated alkanes) is 1. The molecule has 0 nitrogen and oxygen atoms in total. The van der Waals surface area contributed by atoms with E-state index in [1.165, 1.54) is 6.42 Å². The molecule has 3 heteroatoms. The van der Waals surface area contributed by atoms with Crippen LogP contribution >= 0.6 is 28.1 Å². The van der Waals surface area contributed by atoms with Gasteiger partial charge in [0.2, 0.25) is 0 Å². The minimum atomic E-state index is 0.0417. The van der Waals surface area contributed by atoms with Gasteiger partial charge in [0.05, 0.1) is 0 Å². The van der Waals surface area contributed by atoms with Crippen molar-refractivity contribution in [2.45, 2.75) is 19.8 Å². The molecule has 0 amide bonds. The maximum absolute atomic E-state index is 3.60. The topological polar surface area (TPSA) is 0 Å². The second-order valence-corrected chi connectivity index (χ2v) is 9.04. The van der Waals surface area contributed by atoms with Crippen LogP contribution in [0.25, 0.3) is 0 Å². The highest BCUT2D eigenvalue weighted by molar-refractivity contribution is 9.47. The molecule has 0 bridgehead atoms. The molecule has 0 N–H and O–H groups in total. The Kier molecular flexibility index (Phi) is 25.3. The average molecular weight is 245 g/mol. The third-order valence-corrected chi connectivity index (χ3v) is 0.354. The third-order valence-electron chi connectivity index (χ3n) is 0.354. The fraction of sp³-hybridized carbons (Fsp3) is 0.750. The summed E-state index contributed by atoms with van der Waals surface area (Å²) in [5.41, 5.74) is 0. The Morgan fingerprint density at radius 2 is 1.71 bits per heavy atom. The highest BCUT2D eigenvalue weighted by Gasteiger charge is 1.57. The van der Waals surface area contributed by atoms with E-state index in [1.807, 2.05) is 0 Å². The fourth-order valence-electron chi connectivity index (χ4n) is 0. The first-order valence-corrected chi connectivity index (χ1v) is 10.0. The van der Waals surface area contributed by atoms with Crippen LogP contribution in [0.3, 0.4) is 0 Å². The quantitative estimate of drug-likeness (QED) is 0.623. The Morgan fingerprint density at radius 3 is 1.71 bits per heavy atom. The minimum absolute atomic E-state index is 0.0417. The number of rotatable bonds is 1. The minimum Gasteiger partial charge on any atom is -0.203 e. The lowest BCUT2D eigenvalue weighted by Crippen LogP contribution is -1.48. The molecule has 0 aliphatic rings. The van der Waals surface area contributed by atoms with Gasteiger partial charge in [0.25, 0.3) is 0 Å². The van der Waals surface area contributed by atoms with E-state index in [-0.39, 0.29) is 11.6 Å². The van der Waals surface area contributed by atoms with Gasteiger partial charge in [0, 0.05) is 0 Å². The van der Waals surface area contributed by atoms with Gasteiger partial charge in [-0.3, -0.25) is 0 Å². The zero-order chi connectivity index (χ0) is 6.12. The predicted octanol–water partition coefficient (Wildman–Crippen LogP) is 2.66. The number of halogens is 2. The molecular weight excluding hydrogens is 235 g/mol. The van der Waals surface area contributed by atoms with E-state index in [0.29, 0.717) is 0 Å². The summed E-state index contributed by atoms with van der Waals surface area (Å²) in [6.45, 7) is 5.72. The van der Waals surface area contributed by atoms with Crippen LogP contribution in [0.2, 0.25) is 0 Å². The summed E-state index contributed by atoms with van der Waals surface area (Å²) >= 11 is 6.44. The Labute approximate surface area is 66.1 Å². The normalized spacial score (nSPS) is 6.29. The van der Waals surface area contributed by atoms with Gasteiger partial charge in [0.1, 0.15) is 0 Å². The molecule has 0 saturated carbocycles. The lowest BCUT2D eigenvalue weighted by atomic mass is 10.4. The molecule has 0 aromatic rings.